The maximum Gasteiger partial charge on any atom is 0.291 e. The molecule has 0 fully saturated rings. The molecule has 0 unspecified atom stereocenters. The van der Waals surface area contributed by atoms with Crippen LogP contribution in [0.4, 0.5) is 5.69 Å². The van der Waals surface area contributed by atoms with Crippen molar-refractivity contribution < 1.29 is 13.7 Å². The Morgan fingerprint density at radius 3 is 2.90 bits per heavy atom. The highest BCUT2D eigenvalue weighted by molar-refractivity contribution is 9.10. The van der Waals surface area contributed by atoms with Crippen molar-refractivity contribution in [2.24, 2.45) is 0 Å². The Morgan fingerprint density at radius 1 is 1.40 bits per heavy atom. The maximum atomic E-state index is 12.0. The van der Waals surface area contributed by atoms with E-state index in [-0.39, 0.29) is 11.7 Å². The largest absolute Gasteiger partial charge is 0.444 e. The predicted molar refractivity (Wildman–Crippen MR) is 76.7 cm³/mol. The van der Waals surface area contributed by atoms with Crippen LogP contribution in [0.25, 0.3) is 10.8 Å². The minimum Gasteiger partial charge on any atom is -0.444 e. The number of thiophene rings is 1. The van der Waals surface area contributed by atoms with Crippen molar-refractivity contribution in [3.8, 4) is 10.8 Å². The van der Waals surface area contributed by atoms with E-state index >= 15 is 0 Å². The summed E-state index contributed by atoms with van der Waals surface area (Å²) in [6, 6.07) is 5.02. The number of hydrogen-bond acceptors (Lipinski definition) is 6. The van der Waals surface area contributed by atoms with Gasteiger partial charge in [-0.05, 0) is 46.4 Å². The number of nitrogens with zero attached hydrogens (tertiary/aromatic N) is 2. The second-order valence-electron chi connectivity index (χ2n) is 3.87. The van der Waals surface area contributed by atoms with Crippen molar-refractivity contribution >= 4 is 38.9 Å². The smallest absolute Gasteiger partial charge is 0.291 e. The summed E-state index contributed by atoms with van der Waals surface area (Å²) in [5, 5.41) is 8.33. The third-order valence-electron chi connectivity index (χ3n) is 2.43. The van der Waals surface area contributed by atoms with Crippen LogP contribution in [0.3, 0.4) is 0 Å². The van der Waals surface area contributed by atoms with Crippen LogP contribution < -0.4 is 5.32 Å². The van der Waals surface area contributed by atoms with Gasteiger partial charge >= 0.3 is 0 Å². The van der Waals surface area contributed by atoms with Gasteiger partial charge in [-0.15, -0.1) is 11.3 Å². The zero-order valence-corrected chi connectivity index (χ0v) is 12.6. The van der Waals surface area contributed by atoms with E-state index in [0.29, 0.717) is 26.9 Å². The molecule has 0 saturated carbocycles. The summed E-state index contributed by atoms with van der Waals surface area (Å²) in [4.78, 5) is 16.9. The van der Waals surface area contributed by atoms with Gasteiger partial charge < -0.3 is 14.3 Å². The number of amides is 1. The monoisotopic (exact) mass is 353 g/mol. The van der Waals surface area contributed by atoms with Crippen LogP contribution >= 0.6 is 27.3 Å². The van der Waals surface area contributed by atoms with Gasteiger partial charge in [0, 0.05) is 0 Å². The van der Waals surface area contributed by atoms with Crippen molar-refractivity contribution in [1.82, 2.24) is 10.1 Å². The van der Waals surface area contributed by atoms with Gasteiger partial charge in [0.25, 0.3) is 11.8 Å². The Bertz CT molecular complexity index is 761. The standard InChI is InChI=1S/C12H8BrN3O3S/c1-6-14-12(19-16-6)10-7(4-5-20-10)15-11(17)8-2-3-9(13)18-8/h2-5H,1H3,(H,15,17). The number of furan rings is 1. The van der Waals surface area contributed by atoms with Gasteiger partial charge in [0.15, 0.2) is 16.3 Å². The first-order chi connectivity index (χ1) is 9.63. The molecule has 6 nitrogen and oxygen atoms in total. The third-order valence-corrected chi connectivity index (χ3v) is 3.76. The fourth-order valence-corrected chi connectivity index (χ4v) is 2.66. The minimum atomic E-state index is -0.341. The van der Waals surface area contributed by atoms with E-state index in [1.165, 1.54) is 11.3 Å². The van der Waals surface area contributed by atoms with E-state index in [4.69, 9.17) is 8.94 Å². The van der Waals surface area contributed by atoms with Crippen LogP contribution in [0.2, 0.25) is 0 Å². The number of carbonyl (C=O) groups is 1. The molecule has 0 aliphatic heterocycles. The van der Waals surface area contributed by atoms with Crippen LogP contribution in [-0.2, 0) is 0 Å². The molecule has 0 bridgehead atoms. The van der Waals surface area contributed by atoms with E-state index in [1.54, 1.807) is 25.1 Å². The van der Waals surface area contributed by atoms with Gasteiger partial charge in [0.2, 0.25) is 0 Å². The summed E-state index contributed by atoms with van der Waals surface area (Å²) >= 11 is 4.56. The van der Waals surface area contributed by atoms with Gasteiger partial charge in [0.05, 0.1) is 5.69 Å². The lowest BCUT2D eigenvalue weighted by Gasteiger charge is -2.01. The second-order valence-corrected chi connectivity index (χ2v) is 5.57. The molecule has 102 valence electrons. The Balaban J connectivity index is 1.85. The van der Waals surface area contributed by atoms with Crippen LogP contribution in [0.5, 0.6) is 0 Å². The van der Waals surface area contributed by atoms with E-state index in [2.05, 4.69) is 31.4 Å². The molecule has 1 amide bonds. The predicted octanol–water partition coefficient (Wildman–Crippen LogP) is 3.71. The van der Waals surface area contributed by atoms with Crippen LogP contribution in [-0.4, -0.2) is 16.0 Å². The molecule has 8 heteroatoms. The highest BCUT2D eigenvalue weighted by Crippen LogP contribution is 2.32. The fraction of sp³-hybridized carbons (Fsp3) is 0.0833. The van der Waals surface area contributed by atoms with Gasteiger partial charge in [-0.3, -0.25) is 4.79 Å². The molecule has 0 saturated heterocycles. The summed E-state index contributed by atoms with van der Waals surface area (Å²) in [7, 11) is 0. The lowest BCUT2D eigenvalue weighted by Crippen LogP contribution is -2.10. The zero-order chi connectivity index (χ0) is 14.1. The normalized spacial score (nSPS) is 10.7. The number of aromatic nitrogens is 2. The molecule has 0 aromatic carbocycles. The molecule has 0 aliphatic rings. The number of carbonyl (C=O) groups excluding carboxylic acids is 1. The molecule has 3 aromatic heterocycles. The van der Waals surface area contributed by atoms with Crippen molar-refractivity contribution in [2.75, 3.05) is 5.32 Å². The topological polar surface area (TPSA) is 81.2 Å². The van der Waals surface area contributed by atoms with Gasteiger partial charge in [-0.1, -0.05) is 5.16 Å². The molecular weight excluding hydrogens is 346 g/mol. The van der Waals surface area contributed by atoms with Crippen molar-refractivity contribution in [3.05, 3.63) is 39.8 Å². The first kappa shape index (κ1) is 13.1. The average molecular weight is 354 g/mol. The highest BCUT2D eigenvalue weighted by atomic mass is 79.9. The average Bonchev–Trinajstić information content (AvgIpc) is 3.10. The van der Waals surface area contributed by atoms with Crippen molar-refractivity contribution in [3.63, 3.8) is 0 Å². The summed E-state index contributed by atoms with van der Waals surface area (Å²) in [6.45, 7) is 1.74. The van der Waals surface area contributed by atoms with E-state index in [9.17, 15) is 4.79 Å². The summed E-state index contributed by atoms with van der Waals surface area (Å²) < 4.78 is 10.8. The quantitative estimate of drug-likeness (QED) is 0.775. The number of anilines is 1. The Labute approximate surface area is 125 Å². The molecule has 0 atom stereocenters. The second kappa shape index (κ2) is 5.22. The lowest BCUT2D eigenvalue weighted by atomic mass is 10.3. The molecule has 0 radical (unpaired) electrons. The molecule has 0 aliphatic carbocycles. The highest BCUT2D eigenvalue weighted by Gasteiger charge is 2.17. The minimum absolute atomic E-state index is 0.218. The summed E-state index contributed by atoms with van der Waals surface area (Å²) in [6.07, 6.45) is 0. The van der Waals surface area contributed by atoms with Crippen molar-refractivity contribution in [2.45, 2.75) is 6.92 Å². The lowest BCUT2D eigenvalue weighted by molar-refractivity contribution is 0.0995. The Kier molecular flexibility index (Phi) is 3.41. The molecule has 3 heterocycles. The van der Waals surface area contributed by atoms with Gasteiger partial charge in [0.1, 0.15) is 4.88 Å². The van der Waals surface area contributed by atoms with E-state index in [0.717, 1.165) is 0 Å². The van der Waals surface area contributed by atoms with E-state index < -0.39 is 0 Å². The molecule has 1 N–H and O–H groups in total. The van der Waals surface area contributed by atoms with Crippen molar-refractivity contribution in [1.29, 1.82) is 0 Å². The number of halogens is 1. The van der Waals surface area contributed by atoms with Crippen LogP contribution in [0, 0.1) is 6.92 Å². The number of nitrogens with one attached hydrogen (secondary N) is 1. The van der Waals surface area contributed by atoms with Crippen LogP contribution in [0.1, 0.15) is 16.4 Å². The Morgan fingerprint density at radius 2 is 2.25 bits per heavy atom. The first-order valence-corrected chi connectivity index (χ1v) is 7.25. The van der Waals surface area contributed by atoms with Crippen LogP contribution in [0.15, 0.2) is 37.2 Å². The maximum absolute atomic E-state index is 12.0. The zero-order valence-electron chi connectivity index (χ0n) is 10.2. The molecular formula is C12H8BrN3O3S. The van der Waals surface area contributed by atoms with Gasteiger partial charge in [-0.2, -0.15) is 4.98 Å². The number of rotatable bonds is 3. The molecule has 3 rings (SSSR count). The summed E-state index contributed by atoms with van der Waals surface area (Å²) in [5.41, 5.74) is 0.608. The molecule has 20 heavy (non-hydrogen) atoms. The fourth-order valence-electron chi connectivity index (χ4n) is 1.58. The third kappa shape index (κ3) is 2.52. The number of aryl methyl sites for hydroxylation is 1. The molecule has 0 spiro atoms. The Hall–Kier alpha value is -1.93. The van der Waals surface area contributed by atoms with Gasteiger partial charge in [-0.25, -0.2) is 0 Å². The molecule has 3 aromatic rings. The SMILES string of the molecule is Cc1noc(-c2sccc2NC(=O)c2ccc(Br)o2)n1. The van der Waals surface area contributed by atoms with E-state index in [1.807, 2.05) is 5.38 Å². The first-order valence-electron chi connectivity index (χ1n) is 5.58. The summed E-state index contributed by atoms with van der Waals surface area (Å²) in [5.74, 6) is 0.802. The number of hydrogen-bond donors (Lipinski definition) is 1.